The van der Waals surface area contributed by atoms with E-state index in [0.29, 0.717) is 5.92 Å². The Bertz CT molecular complexity index is 151. The lowest BCUT2D eigenvalue weighted by Gasteiger charge is -2.26. The summed E-state index contributed by atoms with van der Waals surface area (Å²) < 4.78 is 0. The molecule has 12 heavy (non-hydrogen) atoms. The topological polar surface area (TPSA) is 44.6 Å². The number of hydrogen-bond acceptors (Lipinski definition) is 2. The van der Waals surface area contributed by atoms with E-state index in [1.165, 1.54) is 25.9 Å². The molecule has 0 saturated carbocycles. The van der Waals surface area contributed by atoms with Crippen LogP contribution in [0, 0.1) is 5.92 Å². The van der Waals surface area contributed by atoms with E-state index in [4.69, 9.17) is 0 Å². The van der Waals surface area contributed by atoms with Crippen molar-refractivity contribution in [2.75, 3.05) is 20.1 Å². The van der Waals surface area contributed by atoms with E-state index in [2.05, 4.69) is 7.05 Å². The first-order valence-corrected chi connectivity index (χ1v) is 4.69. The maximum Gasteiger partial charge on any atom is 0.0771 e. The van der Waals surface area contributed by atoms with Gasteiger partial charge in [0, 0.05) is 5.97 Å². The number of hydrogen-bond donors (Lipinski definition) is 1. The molecule has 0 bridgehead atoms. The van der Waals surface area contributed by atoms with E-state index in [1.807, 2.05) is 0 Å². The summed E-state index contributed by atoms with van der Waals surface area (Å²) in [4.78, 5) is 11.8. The highest BCUT2D eigenvalue weighted by Gasteiger charge is 2.18. The van der Waals surface area contributed by atoms with E-state index in [9.17, 15) is 9.90 Å². The molecular formula is C9H17NO2. The van der Waals surface area contributed by atoms with Gasteiger partial charge in [-0.15, -0.1) is 0 Å². The SMILES string of the molecule is C[NH+]1CCC(CCC(=O)[O-])CC1. The molecule has 1 fully saturated rings. The lowest BCUT2D eigenvalue weighted by molar-refractivity contribution is -0.886. The second-order valence-electron chi connectivity index (χ2n) is 3.81. The van der Waals surface area contributed by atoms with Gasteiger partial charge < -0.3 is 14.8 Å². The largest absolute Gasteiger partial charge is 0.550 e. The van der Waals surface area contributed by atoms with E-state index >= 15 is 0 Å². The lowest BCUT2D eigenvalue weighted by atomic mass is 9.92. The van der Waals surface area contributed by atoms with Crippen LogP contribution in [0.1, 0.15) is 25.7 Å². The normalized spacial score (nSPS) is 30.1. The Labute approximate surface area is 73.4 Å². The van der Waals surface area contributed by atoms with Crippen LogP contribution in [0.3, 0.4) is 0 Å². The summed E-state index contributed by atoms with van der Waals surface area (Å²) in [7, 11) is 2.19. The highest BCUT2D eigenvalue weighted by atomic mass is 16.4. The van der Waals surface area contributed by atoms with Crippen molar-refractivity contribution >= 4 is 5.97 Å². The molecule has 0 aromatic rings. The Kier molecular flexibility index (Phi) is 3.53. The summed E-state index contributed by atoms with van der Waals surface area (Å²) in [5.41, 5.74) is 0. The summed E-state index contributed by atoms with van der Waals surface area (Å²) >= 11 is 0. The second kappa shape index (κ2) is 4.45. The summed E-state index contributed by atoms with van der Waals surface area (Å²) in [5, 5.41) is 10.2. The zero-order chi connectivity index (χ0) is 8.97. The molecule has 1 N–H and O–H groups in total. The molecular weight excluding hydrogens is 154 g/mol. The molecule has 0 aromatic heterocycles. The standard InChI is InChI=1S/C9H17NO2/c1-10-6-4-8(5-7-10)2-3-9(11)12/h8H,2-7H2,1H3,(H,11,12). The van der Waals surface area contributed by atoms with Gasteiger partial charge in [-0.1, -0.05) is 0 Å². The van der Waals surface area contributed by atoms with Gasteiger partial charge in [0.05, 0.1) is 20.1 Å². The minimum absolute atomic E-state index is 0.240. The van der Waals surface area contributed by atoms with Gasteiger partial charge in [0.25, 0.3) is 0 Å². The first kappa shape index (κ1) is 9.52. The van der Waals surface area contributed by atoms with Gasteiger partial charge in [-0.25, -0.2) is 0 Å². The molecule has 1 heterocycles. The molecule has 1 aliphatic heterocycles. The smallest absolute Gasteiger partial charge is 0.0771 e. The zero-order valence-corrected chi connectivity index (χ0v) is 7.64. The maximum absolute atomic E-state index is 10.2. The van der Waals surface area contributed by atoms with Crippen LogP contribution in [0.4, 0.5) is 0 Å². The molecule has 0 unspecified atom stereocenters. The summed E-state index contributed by atoms with van der Waals surface area (Å²) in [6.45, 7) is 2.38. The van der Waals surface area contributed by atoms with Gasteiger partial charge in [-0.3, -0.25) is 0 Å². The highest BCUT2D eigenvalue weighted by Crippen LogP contribution is 2.15. The number of carboxylic acids is 1. The Morgan fingerprint density at radius 3 is 2.58 bits per heavy atom. The van der Waals surface area contributed by atoms with Crippen LogP contribution in [0.5, 0.6) is 0 Å². The van der Waals surface area contributed by atoms with Gasteiger partial charge in [0.15, 0.2) is 0 Å². The van der Waals surface area contributed by atoms with E-state index < -0.39 is 5.97 Å². The fourth-order valence-corrected chi connectivity index (χ4v) is 1.78. The third-order valence-electron chi connectivity index (χ3n) is 2.72. The Morgan fingerprint density at radius 2 is 2.08 bits per heavy atom. The van der Waals surface area contributed by atoms with Crippen molar-refractivity contribution in [3.63, 3.8) is 0 Å². The molecule has 0 aliphatic carbocycles. The van der Waals surface area contributed by atoms with Crippen LogP contribution in [0.15, 0.2) is 0 Å². The molecule has 3 heteroatoms. The van der Waals surface area contributed by atoms with Crippen LogP contribution in [-0.2, 0) is 4.79 Å². The molecule has 0 aromatic carbocycles. The Hall–Kier alpha value is -0.570. The van der Waals surface area contributed by atoms with E-state index in [-0.39, 0.29) is 6.42 Å². The van der Waals surface area contributed by atoms with Gasteiger partial charge >= 0.3 is 0 Å². The average Bonchev–Trinajstić information content (AvgIpc) is 2.03. The molecule has 0 amide bonds. The van der Waals surface area contributed by atoms with Crippen LogP contribution < -0.4 is 10.0 Å². The molecule has 70 valence electrons. The van der Waals surface area contributed by atoms with Crippen molar-refractivity contribution in [3.05, 3.63) is 0 Å². The van der Waals surface area contributed by atoms with Gasteiger partial charge in [-0.2, -0.15) is 0 Å². The van der Waals surface area contributed by atoms with Crippen LogP contribution in [0.2, 0.25) is 0 Å². The van der Waals surface area contributed by atoms with Crippen LogP contribution in [-0.4, -0.2) is 26.1 Å². The molecule has 1 saturated heterocycles. The minimum Gasteiger partial charge on any atom is -0.550 e. The van der Waals surface area contributed by atoms with Crippen molar-refractivity contribution in [3.8, 4) is 0 Å². The molecule has 1 aliphatic rings. The summed E-state index contributed by atoms with van der Waals surface area (Å²) in [6, 6.07) is 0. The molecule has 3 nitrogen and oxygen atoms in total. The van der Waals surface area contributed by atoms with Crippen molar-refractivity contribution in [1.29, 1.82) is 0 Å². The predicted molar refractivity (Wildman–Crippen MR) is 43.6 cm³/mol. The van der Waals surface area contributed by atoms with Crippen LogP contribution in [0.25, 0.3) is 0 Å². The van der Waals surface area contributed by atoms with Crippen molar-refractivity contribution < 1.29 is 14.8 Å². The Balaban J connectivity index is 2.13. The number of piperidine rings is 1. The quantitative estimate of drug-likeness (QED) is 0.558. The Morgan fingerprint density at radius 1 is 1.50 bits per heavy atom. The lowest BCUT2D eigenvalue weighted by Crippen LogP contribution is -3.10. The molecule has 0 atom stereocenters. The average molecular weight is 171 g/mol. The number of carbonyl (C=O) groups is 1. The third-order valence-corrected chi connectivity index (χ3v) is 2.72. The fourth-order valence-electron chi connectivity index (χ4n) is 1.78. The summed E-state index contributed by atoms with van der Waals surface area (Å²) in [6.07, 6.45) is 3.41. The molecule has 1 rings (SSSR count). The number of quaternary nitrogens is 1. The van der Waals surface area contributed by atoms with Gasteiger partial charge in [0.1, 0.15) is 0 Å². The van der Waals surface area contributed by atoms with Gasteiger partial charge in [-0.05, 0) is 31.6 Å². The van der Waals surface area contributed by atoms with Crippen molar-refractivity contribution in [2.45, 2.75) is 25.7 Å². The van der Waals surface area contributed by atoms with Gasteiger partial charge in [0.2, 0.25) is 0 Å². The number of carboxylic acid groups (broad SMARTS) is 1. The van der Waals surface area contributed by atoms with Crippen molar-refractivity contribution in [2.24, 2.45) is 5.92 Å². The number of aliphatic carboxylic acids is 1. The number of rotatable bonds is 3. The minimum atomic E-state index is -0.902. The fraction of sp³-hybridized carbons (Fsp3) is 0.889. The highest BCUT2D eigenvalue weighted by molar-refractivity contribution is 5.64. The third kappa shape index (κ3) is 3.22. The first-order valence-electron chi connectivity index (χ1n) is 4.69. The van der Waals surface area contributed by atoms with E-state index in [1.54, 1.807) is 4.90 Å². The monoisotopic (exact) mass is 171 g/mol. The molecule has 0 spiro atoms. The van der Waals surface area contributed by atoms with Crippen molar-refractivity contribution in [1.82, 2.24) is 0 Å². The number of nitrogens with one attached hydrogen (secondary N) is 1. The first-order chi connectivity index (χ1) is 5.68. The number of carbonyl (C=O) groups excluding carboxylic acids is 1. The number of likely N-dealkylation sites (tertiary alicyclic amines) is 1. The maximum atomic E-state index is 10.2. The molecule has 0 radical (unpaired) electrons. The van der Waals surface area contributed by atoms with Crippen LogP contribution >= 0.6 is 0 Å². The predicted octanol–water partition coefficient (Wildman–Crippen LogP) is -1.56. The zero-order valence-electron chi connectivity index (χ0n) is 7.64. The second-order valence-corrected chi connectivity index (χ2v) is 3.81. The summed E-state index contributed by atoms with van der Waals surface area (Å²) in [5.74, 6) is -0.270. The van der Waals surface area contributed by atoms with E-state index in [0.717, 1.165) is 6.42 Å².